The third-order valence-electron chi connectivity index (χ3n) is 5.69. The van der Waals surface area contributed by atoms with E-state index in [1.807, 2.05) is 12.1 Å². The highest BCUT2D eigenvalue weighted by Gasteiger charge is 2.07. The molecule has 0 amide bonds. The summed E-state index contributed by atoms with van der Waals surface area (Å²) in [6.45, 7) is 0. The van der Waals surface area contributed by atoms with Crippen LogP contribution in [-0.2, 0) is 0 Å². The van der Waals surface area contributed by atoms with Gasteiger partial charge in [-0.25, -0.2) is 0 Å². The van der Waals surface area contributed by atoms with Gasteiger partial charge in [0.2, 0.25) is 0 Å². The van der Waals surface area contributed by atoms with E-state index in [-0.39, 0.29) is 0 Å². The lowest BCUT2D eigenvalue weighted by molar-refractivity contribution is 1.65. The summed E-state index contributed by atoms with van der Waals surface area (Å²) in [5, 5.41) is 10.3. The van der Waals surface area contributed by atoms with Crippen LogP contribution in [0.4, 0.5) is 0 Å². The van der Waals surface area contributed by atoms with Gasteiger partial charge in [-0.1, -0.05) is 66.7 Å². The van der Waals surface area contributed by atoms with Crippen LogP contribution in [0.2, 0.25) is 0 Å². The number of hydrogen-bond acceptors (Lipinski definition) is 0. The molecular weight excluding hydrogens is 336 g/mol. The molecule has 0 N–H and O–H groups in total. The molecule has 0 atom stereocenters. The first-order valence-corrected chi connectivity index (χ1v) is 9.61. The van der Waals surface area contributed by atoms with Gasteiger partial charge in [-0.2, -0.15) is 0 Å². The fourth-order valence-electron chi connectivity index (χ4n) is 4.29. The summed E-state index contributed by atoms with van der Waals surface area (Å²) in [5.74, 6) is 0. The fourth-order valence-corrected chi connectivity index (χ4v) is 4.29. The van der Waals surface area contributed by atoms with Crippen LogP contribution in [0.5, 0.6) is 0 Å². The summed E-state index contributed by atoms with van der Waals surface area (Å²) in [6.07, 6.45) is 0. The van der Waals surface area contributed by atoms with Gasteiger partial charge in [0, 0.05) is 0 Å². The minimum atomic E-state index is 1.23. The maximum Gasteiger partial charge on any atom is -0.00990 e. The van der Waals surface area contributed by atoms with E-state index in [1.165, 1.54) is 54.2 Å². The van der Waals surface area contributed by atoms with Crippen molar-refractivity contribution in [2.24, 2.45) is 0 Å². The minimum Gasteiger partial charge on any atom is -0.0616 e. The smallest absolute Gasteiger partial charge is 0.00990 e. The average Bonchev–Trinajstić information content (AvgIpc) is 2.75. The zero-order chi connectivity index (χ0) is 18.5. The third kappa shape index (κ3) is 2.39. The SMILES string of the molecule is [c]1ccc(-c2cccc3cc4cc5cc6ccccc6cc5cc4cc23)cc1. The van der Waals surface area contributed by atoms with Crippen molar-refractivity contribution < 1.29 is 0 Å². The zero-order valence-corrected chi connectivity index (χ0v) is 15.3. The molecule has 6 aromatic carbocycles. The zero-order valence-electron chi connectivity index (χ0n) is 15.3. The molecule has 0 heterocycles. The van der Waals surface area contributed by atoms with Gasteiger partial charge in [0.25, 0.3) is 0 Å². The molecular formula is C28H17. The largest absolute Gasteiger partial charge is 0.0616 e. The van der Waals surface area contributed by atoms with Crippen LogP contribution in [0.25, 0.3) is 54.2 Å². The molecule has 28 heavy (non-hydrogen) atoms. The maximum absolute atomic E-state index is 3.11. The number of benzene rings is 6. The van der Waals surface area contributed by atoms with Crippen LogP contribution < -0.4 is 0 Å². The number of fused-ring (bicyclic) bond motifs is 4. The van der Waals surface area contributed by atoms with Gasteiger partial charge in [-0.05, 0) is 96.7 Å². The van der Waals surface area contributed by atoms with Crippen molar-refractivity contribution in [1.29, 1.82) is 0 Å². The van der Waals surface area contributed by atoms with Crippen LogP contribution in [-0.4, -0.2) is 0 Å². The molecule has 6 rings (SSSR count). The Labute approximate surface area is 163 Å². The summed E-state index contributed by atoms with van der Waals surface area (Å²) in [6, 6.07) is 40.4. The van der Waals surface area contributed by atoms with E-state index in [2.05, 4.69) is 97.1 Å². The highest BCUT2D eigenvalue weighted by molar-refractivity contribution is 6.10. The first-order valence-electron chi connectivity index (χ1n) is 9.61. The summed E-state index contributed by atoms with van der Waals surface area (Å²) in [7, 11) is 0. The molecule has 0 aromatic heterocycles. The first-order chi connectivity index (χ1) is 13.8. The van der Waals surface area contributed by atoms with Gasteiger partial charge >= 0.3 is 0 Å². The van der Waals surface area contributed by atoms with Crippen molar-refractivity contribution in [3.05, 3.63) is 109 Å². The second-order valence-electron chi connectivity index (χ2n) is 7.41. The van der Waals surface area contributed by atoms with Crippen molar-refractivity contribution in [1.82, 2.24) is 0 Å². The molecule has 1 radical (unpaired) electrons. The van der Waals surface area contributed by atoms with E-state index in [4.69, 9.17) is 0 Å². The van der Waals surface area contributed by atoms with Gasteiger partial charge in [0.1, 0.15) is 0 Å². The molecule has 0 nitrogen and oxygen atoms in total. The predicted molar refractivity (Wildman–Crippen MR) is 121 cm³/mol. The topological polar surface area (TPSA) is 0 Å². The maximum atomic E-state index is 3.11. The first kappa shape index (κ1) is 15.4. The van der Waals surface area contributed by atoms with E-state index in [0.717, 1.165) is 0 Å². The van der Waals surface area contributed by atoms with Crippen LogP contribution in [0.3, 0.4) is 0 Å². The fraction of sp³-hybridized carbons (Fsp3) is 0. The van der Waals surface area contributed by atoms with Crippen molar-refractivity contribution in [3.8, 4) is 11.1 Å². The lowest BCUT2D eigenvalue weighted by Gasteiger charge is -2.10. The Kier molecular flexibility index (Phi) is 3.27. The molecule has 129 valence electrons. The molecule has 0 saturated carbocycles. The Morgan fingerprint density at radius 3 is 1.64 bits per heavy atom. The molecule has 0 saturated heterocycles. The molecule has 0 aliphatic carbocycles. The lowest BCUT2D eigenvalue weighted by Crippen LogP contribution is -1.84. The number of rotatable bonds is 1. The minimum absolute atomic E-state index is 1.23. The second kappa shape index (κ2) is 5.94. The van der Waals surface area contributed by atoms with E-state index in [9.17, 15) is 0 Å². The Balaban J connectivity index is 1.68. The van der Waals surface area contributed by atoms with E-state index < -0.39 is 0 Å². The van der Waals surface area contributed by atoms with Gasteiger partial charge in [-0.15, -0.1) is 0 Å². The van der Waals surface area contributed by atoms with E-state index in [0.29, 0.717) is 0 Å². The predicted octanol–water partition coefficient (Wildman–Crippen LogP) is 7.77. The third-order valence-corrected chi connectivity index (χ3v) is 5.69. The van der Waals surface area contributed by atoms with Gasteiger partial charge in [0.15, 0.2) is 0 Å². The molecule has 0 unspecified atom stereocenters. The van der Waals surface area contributed by atoms with E-state index in [1.54, 1.807) is 0 Å². The quantitative estimate of drug-likeness (QED) is 0.265. The van der Waals surface area contributed by atoms with Crippen molar-refractivity contribution >= 4 is 43.1 Å². The molecule has 0 spiro atoms. The molecule has 0 aliphatic heterocycles. The van der Waals surface area contributed by atoms with Crippen molar-refractivity contribution in [2.45, 2.75) is 0 Å². The summed E-state index contributed by atoms with van der Waals surface area (Å²) >= 11 is 0. The summed E-state index contributed by atoms with van der Waals surface area (Å²) in [4.78, 5) is 0. The molecule has 6 aromatic rings. The number of hydrogen-bond donors (Lipinski definition) is 0. The van der Waals surface area contributed by atoms with Crippen molar-refractivity contribution in [2.75, 3.05) is 0 Å². The molecule has 0 bridgehead atoms. The molecule has 0 fully saturated rings. The normalized spacial score (nSPS) is 11.6. The highest BCUT2D eigenvalue weighted by Crippen LogP contribution is 2.34. The van der Waals surface area contributed by atoms with Crippen LogP contribution in [0, 0.1) is 6.07 Å². The Hall–Kier alpha value is -3.64. The van der Waals surface area contributed by atoms with E-state index >= 15 is 0 Å². The second-order valence-corrected chi connectivity index (χ2v) is 7.41. The average molecular weight is 353 g/mol. The summed E-state index contributed by atoms with van der Waals surface area (Å²) in [5.41, 5.74) is 2.50. The van der Waals surface area contributed by atoms with Crippen LogP contribution in [0.15, 0.2) is 103 Å². The van der Waals surface area contributed by atoms with Crippen LogP contribution in [0.1, 0.15) is 0 Å². The van der Waals surface area contributed by atoms with Gasteiger partial charge in [0.05, 0.1) is 0 Å². The standard InChI is InChI=1S/C28H17/c1-2-7-19(8-3-1)27-12-6-11-22-15-25-16-23-13-20-9-4-5-10-21(20)14-24(23)17-26(25)18-28(22)27/h2-18H. The molecule has 0 aliphatic rings. The monoisotopic (exact) mass is 353 g/mol. The van der Waals surface area contributed by atoms with Crippen LogP contribution >= 0.6 is 0 Å². The highest BCUT2D eigenvalue weighted by atomic mass is 14.1. The van der Waals surface area contributed by atoms with Crippen molar-refractivity contribution in [3.63, 3.8) is 0 Å². The molecule has 0 heteroatoms. The van der Waals surface area contributed by atoms with Gasteiger partial charge in [-0.3, -0.25) is 0 Å². The van der Waals surface area contributed by atoms with Gasteiger partial charge < -0.3 is 0 Å². The Morgan fingerprint density at radius 2 is 0.964 bits per heavy atom. The Morgan fingerprint density at radius 1 is 0.429 bits per heavy atom. The summed E-state index contributed by atoms with van der Waals surface area (Å²) < 4.78 is 0. The Bertz CT molecular complexity index is 1490. The lowest BCUT2D eigenvalue weighted by atomic mass is 9.94.